The predicted molar refractivity (Wildman–Crippen MR) is 237 cm³/mol. The maximum atomic E-state index is 11.0. The molecular weight excluding hydrogens is 765 g/mol. The van der Waals surface area contributed by atoms with Crippen molar-refractivity contribution in [3.8, 4) is 23.0 Å². The molecular formula is C50H56N6O5. The minimum atomic E-state index is -0.382. The molecule has 3 atom stereocenters. The highest BCUT2D eigenvalue weighted by Gasteiger charge is 2.54. The molecule has 4 aromatic carbocycles. The van der Waals surface area contributed by atoms with Gasteiger partial charge in [0, 0.05) is 11.5 Å². The van der Waals surface area contributed by atoms with Crippen LogP contribution in [0.4, 0.5) is 0 Å². The maximum Gasteiger partial charge on any atom is 0.165 e. The molecule has 0 unspecified atom stereocenters. The molecule has 316 valence electrons. The van der Waals surface area contributed by atoms with Crippen molar-refractivity contribution in [1.82, 2.24) is 30.0 Å². The third-order valence-electron chi connectivity index (χ3n) is 12.2. The molecule has 2 aliphatic rings. The van der Waals surface area contributed by atoms with Crippen molar-refractivity contribution in [2.24, 2.45) is 11.3 Å². The van der Waals surface area contributed by atoms with Gasteiger partial charge in [-0.15, -0.1) is 10.2 Å². The van der Waals surface area contributed by atoms with Crippen LogP contribution in [0.3, 0.4) is 0 Å². The van der Waals surface area contributed by atoms with Gasteiger partial charge in [-0.05, 0) is 104 Å². The van der Waals surface area contributed by atoms with E-state index in [0.29, 0.717) is 43.2 Å². The molecule has 1 saturated carbocycles. The Morgan fingerprint density at radius 1 is 0.787 bits per heavy atom. The highest BCUT2D eigenvalue weighted by molar-refractivity contribution is 5.74. The van der Waals surface area contributed by atoms with Gasteiger partial charge in [0.15, 0.2) is 11.5 Å². The lowest BCUT2D eigenvalue weighted by Crippen LogP contribution is -2.58. The van der Waals surface area contributed by atoms with Gasteiger partial charge in [0.05, 0.1) is 38.7 Å². The summed E-state index contributed by atoms with van der Waals surface area (Å²) in [4.78, 5) is 0. The minimum absolute atomic E-state index is 0.146. The second kappa shape index (κ2) is 17.8. The van der Waals surface area contributed by atoms with Gasteiger partial charge in [-0.25, -0.2) is 9.36 Å². The molecule has 11 nitrogen and oxygen atoms in total. The summed E-state index contributed by atoms with van der Waals surface area (Å²) in [6.07, 6.45) is 12.7. The Morgan fingerprint density at radius 3 is 1.87 bits per heavy atom. The number of nitrogens with zero attached hydrogens (tertiary/aromatic N) is 6. The summed E-state index contributed by atoms with van der Waals surface area (Å²) >= 11 is 0. The summed E-state index contributed by atoms with van der Waals surface area (Å²) in [7, 11) is 1.69. The summed E-state index contributed by atoms with van der Waals surface area (Å²) in [5.41, 5.74) is 8.09. The minimum Gasteiger partial charge on any atom is -0.493 e. The van der Waals surface area contributed by atoms with Crippen LogP contribution in [0.25, 0.3) is 12.2 Å². The summed E-state index contributed by atoms with van der Waals surface area (Å²) in [5.74, 6) is 3.02. The number of hydrogen-bond acceptors (Lipinski definition) is 9. The smallest absolute Gasteiger partial charge is 0.165 e. The van der Waals surface area contributed by atoms with Gasteiger partial charge in [0.2, 0.25) is 0 Å². The topological polar surface area (TPSA) is 119 Å². The van der Waals surface area contributed by atoms with Crippen LogP contribution in [0.2, 0.25) is 0 Å². The number of allylic oxidation sites excluding steroid dienone is 2. The molecule has 0 spiro atoms. The second-order valence-electron chi connectivity index (χ2n) is 17.4. The van der Waals surface area contributed by atoms with Crippen LogP contribution in [-0.2, 0) is 39.1 Å². The van der Waals surface area contributed by atoms with E-state index >= 15 is 0 Å². The first kappa shape index (κ1) is 41.5. The largest absolute Gasteiger partial charge is 0.493 e. The monoisotopic (exact) mass is 820 g/mol. The Hall–Kier alpha value is -6.20. The first-order valence-corrected chi connectivity index (χ1v) is 21.1. The van der Waals surface area contributed by atoms with Gasteiger partial charge < -0.3 is 24.1 Å². The highest BCUT2D eigenvalue weighted by atomic mass is 16.5. The van der Waals surface area contributed by atoms with E-state index in [1.807, 2.05) is 64.2 Å². The first-order chi connectivity index (χ1) is 29.5. The number of aromatic nitrogens is 6. The van der Waals surface area contributed by atoms with E-state index < -0.39 is 0 Å². The van der Waals surface area contributed by atoms with Crippen LogP contribution >= 0.6 is 0 Å². The predicted octanol–water partition coefficient (Wildman–Crippen LogP) is 9.30. The zero-order valence-corrected chi connectivity index (χ0v) is 36.0. The van der Waals surface area contributed by atoms with Crippen molar-refractivity contribution in [3.05, 3.63) is 154 Å². The highest BCUT2D eigenvalue weighted by Crippen LogP contribution is 2.55. The van der Waals surface area contributed by atoms with Gasteiger partial charge in [-0.1, -0.05) is 109 Å². The lowest BCUT2D eigenvalue weighted by Gasteiger charge is -2.55. The van der Waals surface area contributed by atoms with Crippen molar-refractivity contribution in [2.45, 2.75) is 98.3 Å². The van der Waals surface area contributed by atoms with E-state index in [2.05, 4.69) is 116 Å². The fourth-order valence-corrected chi connectivity index (χ4v) is 8.74. The van der Waals surface area contributed by atoms with E-state index in [1.54, 1.807) is 7.11 Å². The lowest BCUT2D eigenvalue weighted by atomic mass is 9.57. The molecule has 1 aliphatic heterocycles. The van der Waals surface area contributed by atoms with Gasteiger partial charge in [-0.3, -0.25) is 0 Å². The number of benzene rings is 4. The number of ether oxygens (including phenoxy) is 4. The number of aliphatic hydroxyl groups is 1. The Kier molecular flexibility index (Phi) is 12.1. The molecule has 0 radical (unpaired) electrons. The first-order valence-electron chi connectivity index (χ1n) is 21.1. The van der Waals surface area contributed by atoms with Crippen molar-refractivity contribution in [1.29, 1.82) is 0 Å². The van der Waals surface area contributed by atoms with E-state index in [4.69, 9.17) is 18.9 Å². The molecule has 3 heterocycles. The number of rotatable bonds is 15. The number of hydrogen-bond donors (Lipinski definition) is 1. The quantitative estimate of drug-likeness (QED) is 0.0799. The van der Waals surface area contributed by atoms with E-state index in [9.17, 15) is 5.11 Å². The summed E-state index contributed by atoms with van der Waals surface area (Å²) in [6, 6.07) is 28.7. The van der Waals surface area contributed by atoms with Gasteiger partial charge in [0.1, 0.15) is 41.7 Å². The zero-order chi connectivity index (χ0) is 42.6. The molecule has 61 heavy (non-hydrogen) atoms. The molecule has 1 aliphatic carbocycles. The van der Waals surface area contributed by atoms with Gasteiger partial charge in [0.25, 0.3) is 0 Å². The fourth-order valence-electron chi connectivity index (χ4n) is 8.74. The van der Waals surface area contributed by atoms with Crippen molar-refractivity contribution in [2.75, 3.05) is 7.11 Å². The summed E-state index contributed by atoms with van der Waals surface area (Å²) < 4.78 is 29.6. The number of fused-ring (bicyclic) bond motifs is 2. The molecule has 6 aromatic rings. The molecule has 11 heteroatoms. The molecule has 1 N–H and O–H groups in total. The maximum absolute atomic E-state index is 11.0. The average Bonchev–Trinajstić information content (AvgIpc) is 3.91. The fraction of sp³-hybridized carbons (Fsp3) is 0.360. The van der Waals surface area contributed by atoms with Crippen LogP contribution in [-0.4, -0.2) is 53.9 Å². The van der Waals surface area contributed by atoms with Crippen LogP contribution in [0, 0.1) is 11.3 Å². The number of aliphatic hydroxyl groups excluding tert-OH is 1. The Bertz CT molecular complexity index is 2400. The molecule has 0 amide bonds. The van der Waals surface area contributed by atoms with Gasteiger partial charge in [-0.2, -0.15) is 0 Å². The van der Waals surface area contributed by atoms with Crippen molar-refractivity contribution < 1.29 is 24.1 Å². The molecule has 0 bridgehead atoms. The third-order valence-corrected chi connectivity index (χ3v) is 12.2. The van der Waals surface area contributed by atoms with E-state index in [0.717, 1.165) is 63.4 Å². The third kappa shape index (κ3) is 9.57. The summed E-state index contributed by atoms with van der Waals surface area (Å²) in [5, 5.41) is 28.6. The SMILES string of the molecule is COc1cc(/C=C/c2cc(OCc3cn(Cc4ccccc4)nn3)c(CC=C(C)C)c(OCc3cn(Cc4ccccc4)nn3)c2)cc2c1O[C@]1(C)CC[C@@H](O)C(C)(C)[C@H]1C2. The van der Waals surface area contributed by atoms with Crippen LogP contribution < -0.4 is 18.9 Å². The van der Waals surface area contributed by atoms with Crippen LogP contribution in [0.5, 0.6) is 23.0 Å². The lowest BCUT2D eigenvalue weighted by molar-refractivity contribution is -0.138. The normalized spacial score (nSPS) is 19.1. The zero-order valence-electron chi connectivity index (χ0n) is 36.0. The molecule has 1 fully saturated rings. The molecule has 2 aromatic heterocycles. The van der Waals surface area contributed by atoms with E-state index in [1.165, 1.54) is 5.57 Å². The Balaban J connectivity index is 1.10. The van der Waals surface area contributed by atoms with Gasteiger partial charge >= 0.3 is 0 Å². The van der Waals surface area contributed by atoms with Crippen LogP contribution in [0.15, 0.2) is 109 Å². The molecule has 8 rings (SSSR count). The van der Waals surface area contributed by atoms with Crippen LogP contribution in [0.1, 0.15) is 92.2 Å². The van der Waals surface area contributed by atoms with E-state index in [-0.39, 0.29) is 36.3 Å². The van der Waals surface area contributed by atoms with Crippen molar-refractivity contribution in [3.63, 3.8) is 0 Å². The molecule has 0 saturated heterocycles. The van der Waals surface area contributed by atoms with Crippen molar-refractivity contribution >= 4 is 12.2 Å². The Morgan fingerprint density at radius 2 is 1.33 bits per heavy atom. The second-order valence-corrected chi connectivity index (χ2v) is 17.4. The Labute approximate surface area is 358 Å². The standard InChI is InChI=1S/C50H56N6O5/c1-34(2)17-20-42-43(59-32-40-30-55(53-51-40)28-35-13-9-7-10-14-35)24-38(25-44(42)60-33-41-31-56(54-52-41)29-36-15-11-8-12-16-36)19-18-37-23-39-27-46-49(3,4)47(57)21-22-50(46,5)61-48(39)45(26-37)58-6/h7-19,23-26,30-31,46-47,57H,20-22,27-29,32-33H2,1-6H3/b19-18+/t46-,47-,50-/m1/s1. The summed E-state index contributed by atoms with van der Waals surface area (Å²) in [6.45, 7) is 12.4. The number of methoxy groups -OCH3 is 1. The average molecular weight is 821 g/mol.